The smallest absolute Gasteiger partial charge is 0.166 e. The molecule has 2 aromatic heterocycles. The molecule has 0 amide bonds. The molecular weight excluding hydrogens is 458 g/mol. The van der Waals surface area contributed by atoms with E-state index in [2.05, 4.69) is 21.0 Å². The lowest BCUT2D eigenvalue weighted by Gasteiger charge is -2.24. The van der Waals surface area contributed by atoms with Gasteiger partial charge in [0.2, 0.25) is 0 Å². The van der Waals surface area contributed by atoms with Gasteiger partial charge in [-0.3, -0.25) is 4.79 Å². The molecule has 156 valence electrons. The minimum absolute atomic E-state index is 0.0359. The molecule has 0 N–H and O–H groups in total. The highest BCUT2D eigenvalue weighted by Crippen LogP contribution is 2.37. The van der Waals surface area contributed by atoms with Crippen LogP contribution in [0.3, 0.4) is 0 Å². The van der Waals surface area contributed by atoms with Crippen LogP contribution in [0.2, 0.25) is 0 Å². The average molecular weight is 478 g/mol. The molecule has 0 aliphatic heterocycles. The van der Waals surface area contributed by atoms with Gasteiger partial charge in [0.05, 0.1) is 31.7 Å². The number of rotatable bonds is 4. The Bertz CT molecular complexity index is 1300. The Hall–Kier alpha value is -3.19. The molecule has 1 atom stereocenters. The van der Waals surface area contributed by atoms with Crippen LogP contribution in [0, 0.1) is 0 Å². The van der Waals surface area contributed by atoms with Gasteiger partial charge < -0.3 is 9.47 Å². The molecule has 0 radical (unpaired) electrons. The molecule has 1 unspecified atom stereocenters. The highest BCUT2D eigenvalue weighted by molar-refractivity contribution is 9.10. The zero-order chi connectivity index (χ0) is 21.5. The van der Waals surface area contributed by atoms with Crippen molar-refractivity contribution in [1.29, 1.82) is 0 Å². The maximum Gasteiger partial charge on any atom is 0.166 e. The highest BCUT2D eigenvalue weighted by atomic mass is 79.9. The topological polar surface area (TPSA) is 65.7 Å². The molecule has 0 saturated carbocycles. The van der Waals surface area contributed by atoms with Crippen molar-refractivity contribution in [3.8, 4) is 22.6 Å². The van der Waals surface area contributed by atoms with Gasteiger partial charge >= 0.3 is 0 Å². The average Bonchev–Trinajstić information content (AvgIpc) is 3.20. The maximum absolute atomic E-state index is 13.0. The molecule has 6 nitrogen and oxygen atoms in total. The lowest BCUT2D eigenvalue weighted by Crippen LogP contribution is -2.21. The van der Waals surface area contributed by atoms with Gasteiger partial charge in [0.1, 0.15) is 0 Å². The number of Topliss-reactive ketones (excluding diaryl/α,β-unsaturated/α-hetero) is 1. The van der Waals surface area contributed by atoms with E-state index in [-0.39, 0.29) is 11.7 Å². The van der Waals surface area contributed by atoms with Crippen molar-refractivity contribution in [2.24, 2.45) is 0 Å². The summed E-state index contributed by atoms with van der Waals surface area (Å²) in [5, 5.41) is 4.44. The zero-order valence-electron chi connectivity index (χ0n) is 17.1. The molecular formula is C24H20BrN3O3. The van der Waals surface area contributed by atoms with Crippen LogP contribution in [0.4, 0.5) is 0 Å². The molecule has 0 bridgehead atoms. The molecule has 0 spiro atoms. The number of hydrogen-bond donors (Lipinski definition) is 0. The summed E-state index contributed by atoms with van der Waals surface area (Å²) < 4.78 is 13.5. The summed E-state index contributed by atoms with van der Waals surface area (Å²) in [4.78, 5) is 17.9. The van der Waals surface area contributed by atoms with Crippen LogP contribution < -0.4 is 9.47 Å². The second kappa shape index (κ2) is 7.81. The first kappa shape index (κ1) is 19.8. The standard InChI is InChI=1S/C24H20BrN3O3/c1-30-22-8-5-15(11-23(22)31-2)16-9-20-19(21(29)10-16)13-28-24(27-20)18(12-26-28)14-3-6-17(25)7-4-14/h3-8,11-13,16H,9-10H2,1-2H3. The first-order valence-corrected chi connectivity index (χ1v) is 10.7. The van der Waals surface area contributed by atoms with Crippen LogP contribution >= 0.6 is 15.9 Å². The summed E-state index contributed by atoms with van der Waals surface area (Å²) in [6.07, 6.45) is 4.72. The summed E-state index contributed by atoms with van der Waals surface area (Å²) in [6.45, 7) is 0. The van der Waals surface area contributed by atoms with Crippen LogP contribution in [-0.2, 0) is 6.42 Å². The van der Waals surface area contributed by atoms with E-state index >= 15 is 0 Å². The third-order valence-electron chi connectivity index (χ3n) is 5.78. The number of aromatic nitrogens is 3. The van der Waals surface area contributed by atoms with E-state index < -0.39 is 0 Å². The van der Waals surface area contributed by atoms with Crippen LogP contribution in [0.25, 0.3) is 16.8 Å². The Morgan fingerprint density at radius 3 is 2.52 bits per heavy atom. The van der Waals surface area contributed by atoms with E-state index in [9.17, 15) is 4.79 Å². The Kier molecular flexibility index (Phi) is 4.98. The summed E-state index contributed by atoms with van der Waals surface area (Å²) >= 11 is 3.47. The minimum Gasteiger partial charge on any atom is -0.493 e. The largest absolute Gasteiger partial charge is 0.493 e. The van der Waals surface area contributed by atoms with Crippen molar-refractivity contribution < 1.29 is 14.3 Å². The molecule has 31 heavy (non-hydrogen) atoms. The van der Waals surface area contributed by atoms with Gasteiger partial charge in [0, 0.05) is 22.7 Å². The van der Waals surface area contributed by atoms with Crippen LogP contribution in [0.15, 0.2) is 59.3 Å². The molecule has 7 heteroatoms. The number of fused-ring (bicyclic) bond motifs is 2. The Balaban J connectivity index is 1.55. The molecule has 2 heterocycles. The Morgan fingerprint density at radius 1 is 1.00 bits per heavy atom. The number of carbonyl (C=O) groups excluding carboxylic acids is 1. The first-order valence-electron chi connectivity index (χ1n) is 9.95. The zero-order valence-corrected chi connectivity index (χ0v) is 18.7. The van der Waals surface area contributed by atoms with Crippen molar-refractivity contribution in [1.82, 2.24) is 14.6 Å². The molecule has 4 aromatic rings. The van der Waals surface area contributed by atoms with Crippen LogP contribution in [0.1, 0.15) is 34.0 Å². The van der Waals surface area contributed by atoms with Crippen LogP contribution in [0.5, 0.6) is 11.5 Å². The molecule has 1 aliphatic carbocycles. The fraction of sp³-hybridized carbons (Fsp3) is 0.208. The molecule has 0 fully saturated rings. The monoisotopic (exact) mass is 477 g/mol. The number of ether oxygens (including phenoxy) is 2. The van der Waals surface area contributed by atoms with Gasteiger partial charge in [-0.1, -0.05) is 34.1 Å². The van der Waals surface area contributed by atoms with Crippen molar-refractivity contribution in [2.45, 2.75) is 18.8 Å². The lowest BCUT2D eigenvalue weighted by molar-refractivity contribution is 0.0962. The summed E-state index contributed by atoms with van der Waals surface area (Å²) in [5.74, 6) is 1.45. The van der Waals surface area contributed by atoms with Gasteiger partial charge in [0.25, 0.3) is 0 Å². The predicted molar refractivity (Wildman–Crippen MR) is 121 cm³/mol. The molecule has 5 rings (SSSR count). The summed E-state index contributed by atoms with van der Waals surface area (Å²) in [5.41, 5.74) is 5.22. The number of methoxy groups -OCH3 is 2. The number of hydrogen-bond acceptors (Lipinski definition) is 5. The van der Waals surface area contributed by atoms with E-state index in [0.29, 0.717) is 29.9 Å². The summed E-state index contributed by atoms with van der Waals surface area (Å²) in [7, 11) is 3.23. The lowest BCUT2D eigenvalue weighted by atomic mass is 9.82. The van der Waals surface area contributed by atoms with E-state index in [1.807, 2.05) is 48.7 Å². The Morgan fingerprint density at radius 2 is 1.77 bits per heavy atom. The van der Waals surface area contributed by atoms with Crippen LogP contribution in [-0.4, -0.2) is 34.6 Å². The Labute approximate surface area is 188 Å². The second-order valence-electron chi connectivity index (χ2n) is 7.58. The number of nitrogens with zero attached hydrogens (tertiary/aromatic N) is 3. The van der Waals surface area contributed by atoms with Gasteiger partial charge in [-0.25, -0.2) is 9.50 Å². The predicted octanol–water partition coefficient (Wildman–Crippen LogP) is 5.09. The van der Waals surface area contributed by atoms with Gasteiger partial charge in [-0.05, 0) is 47.7 Å². The number of benzene rings is 2. The number of ketones is 1. The molecule has 1 aliphatic rings. The van der Waals surface area contributed by atoms with E-state index in [1.54, 1.807) is 24.9 Å². The quantitative estimate of drug-likeness (QED) is 0.409. The van der Waals surface area contributed by atoms with Gasteiger partial charge in [-0.15, -0.1) is 0 Å². The third-order valence-corrected chi connectivity index (χ3v) is 6.31. The van der Waals surface area contributed by atoms with Gasteiger partial charge in [-0.2, -0.15) is 5.10 Å². The molecule has 2 aromatic carbocycles. The fourth-order valence-corrected chi connectivity index (χ4v) is 4.41. The normalized spacial score (nSPS) is 15.7. The third kappa shape index (κ3) is 3.49. The van der Waals surface area contributed by atoms with E-state index in [1.165, 1.54) is 0 Å². The van der Waals surface area contributed by atoms with E-state index in [4.69, 9.17) is 14.5 Å². The highest BCUT2D eigenvalue weighted by Gasteiger charge is 2.29. The summed E-state index contributed by atoms with van der Waals surface area (Å²) in [6, 6.07) is 13.9. The van der Waals surface area contributed by atoms with Crippen molar-refractivity contribution in [2.75, 3.05) is 14.2 Å². The molecule has 0 saturated heterocycles. The minimum atomic E-state index is 0.0359. The number of halogens is 1. The van der Waals surface area contributed by atoms with E-state index in [0.717, 1.165) is 32.5 Å². The SMILES string of the molecule is COc1ccc(C2CC(=O)c3cn4ncc(-c5ccc(Br)cc5)c4nc3C2)cc1OC. The van der Waals surface area contributed by atoms with Crippen molar-refractivity contribution in [3.63, 3.8) is 0 Å². The second-order valence-corrected chi connectivity index (χ2v) is 8.49. The first-order chi connectivity index (χ1) is 15.1. The van der Waals surface area contributed by atoms with Crippen molar-refractivity contribution >= 4 is 27.4 Å². The number of carbonyl (C=O) groups is 1. The maximum atomic E-state index is 13.0. The van der Waals surface area contributed by atoms with Crippen molar-refractivity contribution in [3.05, 3.63) is 76.2 Å². The fourth-order valence-electron chi connectivity index (χ4n) is 4.15. The van der Waals surface area contributed by atoms with Gasteiger partial charge in [0.15, 0.2) is 22.9 Å².